The van der Waals surface area contributed by atoms with Crippen molar-refractivity contribution in [2.75, 3.05) is 12.8 Å². The molecular weight excluding hydrogens is 197 g/mol. The Labute approximate surface area is 85.9 Å². The van der Waals surface area contributed by atoms with Crippen LogP contribution in [-0.2, 0) is 0 Å². The highest BCUT2D eigenvalue weighted by molar-refractivity contribution is 5.75. The largest absolute Gasteiger partial charge is 0.496 e. The second-order valence-electron chi connectivity index (χ2n) is 3.01. The maximum Gasteiger partial charge on any atom is 0.149 e. The number of aromatic amines is 1. The summed E-state index contributed by atoms with van der Waals surface area (Å²) in [6.45, 7) is 0. The molecule has 0 amide bonds. The lowest BCUT2D eigenvalue weighted by Crippen LogP contribution is -1.93. The summed E-state index contributed by atoms with van der Waals surface area (Å²) < 4.78 is 18.2. The molecule has 0 bridgehead atoms. The highest BCUT2D eigenvalue weighted by Gasteiger charge is 2.11. The maximum absolute atomic E-state index is 13.1. The zero-order valence-corrected chi connectivity index (χ0v) is 8.12. The number of methoxy groups -OCH3 is 1. The molecule has 0 saturated heterocycles. The van der Waals surface area contributed by atoms with E-state index < -0.39 is 0 Å². The lowest BCUT2D eigenvalue weighted by Gasteiger charge is -2.07. The molecule has 0 radical (unpaired) electrons. The van der Waals surface area contributed by atoms with Crippen LogP contribution in [-0.4, -0.2) is 17.1 Å². The van der Waals surface area contributed by atoms with E-state index in [0.717, 1.165) is 0 Å². The summed E-state index contributed by atoms with van der Waals surface area (Å²) in [6.07, 6.45) is 1.45. The Morgan fingerprint density at radius 1 is 1.47 bits per heavy atom. The van der Waals surface area contributed by atoms with Crippen molar-refractivity contribution in [1.82, 2.24) is 9.97 Å². The van der Waals surface area contributed by atoms with Crippen molar-refractivity contribution in [3.05, 3.63) is 30.3 Å². The molecule has 2 aromatic rings. The first-order chi connectivity index (χ1) is 7.22. The topological polar surface area (TPSA) is 63.9 Å². The zero-order chi connectivity index (χ0) is 10.8. The molecule has 1 heterocycles. The molecule has 2 rings (SSSR count). The molecule has 1 aromatic carbocycles. The van der Waals surface area contributed by atoms with Gasteiger partial charge in [0.2, 0.25) is 0 Å². The predicted molar refractivity (Wildman–Crippen MR) is 54.9 cm³/mol. The summed E-state index contributed by atoms with van der Waals surface area (Å²) in [4.78, 5) is 6.68. The van der Waals surface area contributed by atoms with Gasteiger partial charge in [-0.2, -0.15) is 0 Å². The monoisotopic (exact) mass is 207 g/mol. The fourth-order valence-corrected chi connectivity index (χ4v) is 1.40. The van der Waals surface area contributed by atoms with Gasteiger partial charge in [0.05, 0.1) is 19.1 Å². The van der Waals surface area contributed by atoms with Gasteiger partial charge in [-0.1, -0.05) is 0 Å². The minimum absolute atomic E-state index is 0.318. The van der Waals surface area contributed by atoms with Gasteiger partial charge in [0.1, 0.15) is 17.4 Å². The molecule has 78 valence electrons. The second kappa shape index (κ2) is 3.61. The Morgan fingerprint density at radius 2 is 2.27 bits per heavy atom. The van der Waals surface area contributed by atoms with E-state index in [1.165, 1.54) is 25.6 Å². The first-order valence-electron chi connectivity index (χ1n) is 4.35. The Bertz CT molecular complexity index is 481. The third-order valence-electron chi connectivity index (χ3n) is 2.10. The second-order valence-corrected chi connectivity index (χ2v) is 3.01. The third-order valence-corrected chi connectivity index (χ3v) is 2.10. The first kappa shape index (κ1) is 9.51. The molecular formula is C10H10FN3O. The number of hydrogen-bond acceptors (Lipinski definition) is 3. The van der Waals surface area contributed by atoms with E-state index in [0.29, 0.717) is 22.8 Å². The van der Waals surface area contributed by atoms with Gasteiger partial charge in [-0.3, -0.25) is 0 Å². The number of imidazole rings is 1. The summed E-state index contributed by atoms with van der Waals surface area (Å²) in [7, 11) is 1.52. The van der Waals surface area contributed by atoms with E-state index in [4.69, 9.17) is 10.5 Å². The molecule has 5 heteroatoms. The van der Waals surface area contributed by atoms with Crippen LogP contribution >= 0.6 is 0 Å². The third kappa shape index (κ3) is 1.63. The number of hydrogen-bond donors (Lipinski definition) is 2. The number of nitrogens with one attached hydrogen (secondary N) is 1. The maximum atomic E-state index is 13.1. The lowest BCUT2D eigenvalue weighted by molar-refractivity contribution is 0.415. The molecule has 0 fully saturated rings. The van der Waals surface area contributed by atoms with Crippen LogP contribution in [0.2, 0.25) is 0 Å². The van der Waals surface area contributed by atoms with Gasteiger partial charge in [-0.25, -0.2) is 9.37 Å². The van der Waals surface area contributed by atoms with Gasteiger partial charge in [0.25, 0.3) is 0 Å². The Balaban J connectivity index is 2.60. The van der Waals surface area contributed by atoms with E-state index in [-0.39, 0.29) is 5.82 Å². The predicted octanol–water partition coefficient (Wildman–Crippen LogP) is 1.81. The number of halogens is 1. The molecule has 15 heavy (non-hydrogen) atoms. The van der Waals surface area contributed by atoms with E-state index in [2.05, 4.69) is 9.97 Å². The summed E-state index contributed by atoms with van der Waals surface area (Å²) in [6, 6.07) is 4.22. The molecule has 0 aliphatic carbocycles. The molecule has 4 nitrogen and oxygen atoms in total. The fraction of sp³-hybridized carbons (Fsp3) is 0.100. The Kier molecular flexibility index (Phi) is 2.29. The van der Waals surface area contributed by atoms with Crippen molar-refractivity contribution in [1.29, 1.82) is 0 Å². The van der Waals surface area contributed by atoms with Crippen LogP contribution in [0, 0.1) is 5.82 Å². The molecule has 0 aliphatic rings. The van der Waals surface area contributed by atoms with E-state index >= 15 is 0 Å². The minimum atomic E-state index is -0.347. The van der Waals surface area contributed by atoms with E-state index in [9.17, 15) is 4.39 Å². The standard InChI is InChI=1S/C10H10FN3O/c1-15-8-3-2-6(11)4-7(8)9-10(12)14-5-13-9/h2-5H,12H2,1H3,(H,13,14). The SMILES string of the molecule is COc1ccc(F)cc1-c1[nH]cnc1N. The minimum Gasteiger partial charge on any atom is -0.496 e. The van der Waals surface area contributed by atoms with Crippen LogP contribution in [0.15, 0.2) is 24.5 Å². The van der Waals surface area contributed by atoms with Gasteiger partial charge in [-0.15, -0.1) is 0 Å². The zero-order valence-electron chi connectivity index (χ0n) is 8.12. The smallest absolute Gasteiger partial charge is 0.149 e. The van der Waals surface area contributed by atoms with Crippen LogP contribution in [0.25, 0.3) is 11.3 Å². The number of rotatable bonds is 2. The quantitative estimate of drug-likeness (QED) is 0.789. The molecule has 1 aromatic heterocycles. The van der Waals surface area contributed by atoms with Crippen molar-refractivity contribution in [2.45, 2.75) is 0 Å². The number of nitrogens with two attached hydrogens (primary N) is 1. The van der Waals surface area contributed by atoms with Crippen molar-refractivity contribution in [3.63, 3.8) is 0 Å². The van der Waals surface area contributed by atoms with Crippen LogP contribution in [0.4, 0.5) is 10.2 Å². The lowest BCUT2D eigenvalue weighted by atomic mass is 10.1. The molecule has 0 saturated carbocycles. The molecule has 0 aliphatic heterocycles. The Morgan fingerprint density at radius 3 is 2.87 bits per heavy atom. The van der Waals surface area contributed by atoms with Crippen LogP contribution in [0.5, 0.6) is 5.75 Å². The van der Waals surface area contributed by atoms with Gasteiger partial charge in [0.15, 0.2) is 0 Å². The highest BCUT2D eigenvalue weighted by atomic mass is 19.1. The summed E-state index contributed by atoms with van der Waals surface area (Å²) >= 11 is 0. The van der Waals surface area contributed by atoms with E-state index in [1.807, 2.05) is 0 Å². The summed E-state index contributed by atoms with van der Waals surface area (Å²) in [5.41, 5.74) is 6.75. The van der Waals surface area contributed by atoms with Crippen molar-refractivity contribution in [3.8, 4) is 17.0 Å². The molecule has 0 unspecified atom stereocenters. The van der Waals surface area contributed by atoms with Gasteiger partial charge < -0.3 is 15.5 Å². The summed E-state index contributed by atoms with van der Waals surface area (Å²) in [5.74, 6) is 0.519. The number of anilines is 1. The number of ether oxygens (including phenoxy) is 1. The van der Waals surface area contributed by atoms with Crippen molar-refractivity contribution < 1.29 is 9.13 Å². The number of aromatic nitrogens is 2. The average molecular weight is 207 g/mol. The van der Waals surface area contributed by atoms with Gasteiger partial charge >= 0.3 is 0 Å². The van der Waals surface area contributed by atoms with E-state index in [1.54, 1.807) is 6.07 Å². The molecule has 0 atom stereocenters. The molecule has 3 N–H and O–H groups in total. The summed E-state index contributed by atoms with van der Waals surface area (Å²) in [5, 5.41) is 0. The van der Waals surface area contributed by atoms with Crippen molar-refractivity contribution in [2.24, 2.45) is 0 Å². The van der Waals surface area contributed by atoms with Crippen molar-refractivity contribution >= 4 is 5.82 Å². The number of nitrogen functional groups attached to an aromatic ring is 1. The van der Waals surface area contributed by atoms with Crippen LogP contribution in [0.3, 0.4) is 0 Å². The number of benzene rings is 1. The highest BCUT2D eigenvalue weighted by Crippen LogP contribution is 2.31. The van der Waals surface area contributed by atoms with Gasteiger partial charge in [-0.05, 0) is 18.2 Å². The average Bonchev–Trinajstić information content (AvgIpc) is 2.64. The fourth-order valence-electron chi connectivity index (χ4n) is 1.40. The Hall–Kier alpha value is -2.04. The first-order valence-corrected chi connectivity index (χ1v) is 4.35. The molecule has 0 spiro atoms. The number of nitrogens with zero attached hydrogens (tertiary/aromatic N) is 1. The number of H-pyrrole nitrogens is 1. The van der Waals surface area contributed by atoms with Crippen LogP contribution in [0.1, 0.15) is 0 Å². The van der Waals surface area contributed by atoms with Gasteiger partial charge in [0, 0.05) is 5.56 Å². The van der Waals surface area contributed by atoms with Crippen LogP contribution < -0.4 is 10.5 Å². The normalized spacial score (nSPS) is 10.3.